The number of hydrogen-bond acceptors (Lipinski definition) is 6. The normalized spacial score (nSPS) is 15.4. The van der Waals surface area contributed by atoms with Crippen LogP contribution in [0.3, 0.4) is 0 Å². The Morgan fingerprint density at radius 1 is 1.19 bits per heavy atom. The van der Waals surface area contributed by atoms with Crippen LogP contribution in [0.4, 0.5) is 0 Å². The second-order valence-electron chi connectivity index (χ2n) is 7.07. The van der Waals surface area contributed by atoms with Crippen LogP contribution in [0, 0.1) is 0 Å². The van der Waals surface area contributed by atoms with Crippen molar-refractivity contribution in [2.75, 3.05) is 13.2 Å². The Bertz CT molecular complexity index is 1130. The van der Waals surface area contributed by atoms with Crippen LogP contribution in [-0.4, -0.2) is 36.1 Å². The maximum Gasteiger partial charge on any atom is 0.281 e. The fourth-order valence-corrected chi connectivity index (χ4v) is 4.53. The third-order valence-corrected chi connectivity index (χ3v) is 6.47. The number of carbonyl (C=O) groups excluding carboxylic acids is 2. The van der Waals surface area contributed by atoms with E-state index in [1.807, 2.05) is 48.7 Å². The second kappa shape index (κ2) is 10.1. The first-order valence-electron chi connectivity index (χ1n) is 10.1. The van der Waals surface area contributed by atoms with Gasteiger partial charge in [0.1, 0.15) is 6.29 Å². The van der Waals surface area contributed by atoms with Crippen molar-refractivity contribution < 1.29 is 19.1 Å². The fraction of sp³-hybridized carbons (Fsp3) is 0.208. The molecule has 0 fully saturated rings. The van der Waals surface area contributed by atoms with Gasteiger partial charge < -0.3 is 9.47 Å². The average Bonchev–Trinajstić information content (AvgIpc) is 3.49. The summed E-state index contributed by atoms with van der Waals surface area (Å²) in [6.45, 7) is 2.07. The van der Waals surface area contributed by atoms with Gasteiger partial charge in [-0.25, -0.2) is 5.01 Å². The molecule has 3 aromatic rings. The molecular weight excluding hydrogens is 492 g/mol. The summed E-state index contributed by atoms with van der Waals surface area (Å²) in [7, 11) is 0. The Morgan fingerprint density at radius 3 is 2.69 bits per heavy atom. The fourth-order valence-electron chi connectivity index (χ4n) is 3.45. The zero-order chi connectivity index (χ0) is 22.5. The molecule has 1 unspecified atom stereocenters. The van der Waals surface area contributed by atoms with Crippen molar-refractivity contribution in [3.05, 3.63) is 80.5 Å². The molecule has 0 aliphatic carbocycles. The SMILES string of the molecule is CCOc1cc(C=O)ccc1OCC(=O)N1N=C(c2ccc(Br)cc2)CC1c1cccs1. The summed E-state index contributed by atoms with van der Waals surface area (Å²) in [6, 6.07) is 16.6. The van der Waals surface area contributed by atoms with Crippen molar-refractivity contribution in [2.45, 2.75) is 19.4 Å². The molecule has 0 N–H and O–H groups in total. The van der Waals surface area contributed by atoms with E-state index in [2.05, 4.69) is 21.0 Å². The third-order valence-electron chi connectivity index (χ3n) is 4.97. The molecule has 0 spiro atoms. The number of ether oxygens (including phenoxy) is 2. The van der Waals surface area contributed by atoms with E-state index >= 15 is 0 Å². The van der Waals surface area contributed by atoms with Crippen LogP contribution < -0.4 is 9.47 Å². The molecule has 2 aromatic carbocycles. The zero-order valence-corrected chi connectivity index (χ0v) is 19.8. The van der Waals surface area contributed by atoms with E-state index in [1.54, 1.807) is 29.5 Å². The molecule has 2 heterocycles. The molecule has 0 saturated heterocycles. The van der Waals surface area contributed by atoms with Crippen LogP contribution in [0.2, 0.25) is 0 Å². The van der Waals surface area contributed by atoms with Gasteiger partial charge in [0.25, 0.3) is 5.91 Å². The highest BCUT2D eigenvalue weighted by molar-refractivity contribution is 9.10. The number of carbonyl (C=O) groups is 2. The molecule has 4 rings (SSSR count). The number of hydrazone groups is 1. The van der Waals surface area contributed by atoms with Gasteiger partial charge in [0.2, 0.25) is 0 Å². The number of thiophene rings is 1. The molecule has 1 aromatic heterocycles. The Hall–Kier alpha value is -2.97. The van der Waals surface area contributed by atoms with Gasteiger partial charge in [-0.05, 0) is 54.3 Å². The molecule has 1 amide bonds. The van der Waals surface area contributed by atoms with Gasteiger partial charge in [0.15, 0.2) is 18.1 Å². The first-order valence-corrected chi connectivity index (χ1v) is 11.8. The van der Waals surface area contributed by atoms with Crippen molar-refractivity contribution in [2.24, 2.45) is 5.10 Å². The minimum absolute atomic E-state index is 0.173. The zero-order valence-electron chi connectivity index (χ0n) is 17.4. The van der Waals surface area contributed by atoms with Gasteiger partial charge in [0, 0.05) is 21.3 Å². The lowest BCUT2D eigenvalue weighted by Gasteiger charge is -2.21. The first-order chi connectivity index (χ1) is 15.6. The van der Waals surface area contributed by atoms with E-state index in [9.17, 15) is 9.59 Å². The summed E-state index contributed by atoms with van der Waals surface area (Å²) >= 11 is 5.05. The summed E-state index contributed by atoms with van der Waals surface area (Å²) in [6.07, 6.45) is 1.37. The van der Waals surface area contributed by atoms with E-state index in [0.717, 1.165) is 26.9 Å². The molecule has 0 radical (unpaired) electrons. The quantitative estimate of drug-likeness (QED) is 0.374. The van der Waals surface area contributed by atoms with Gasteiger partial charge in [-0.15, -0.1) is 11.3 Å². The van der Waals surface area contributed by atoms with Crippen molar-refractivity contribution in [3.8, 4) is 11.5 Å². The highest BCUT2D eigenvalue weighted by Crippen LogP contribution is 2.36. The molecule has 8 heteroatoms. The van der Waals surface area contributed by atoms with Crippen molar-refractivity contribution >= 4 is 45.2 Å². The number of amides is 1. The van der Waals surface area contributed by atoms with Crippen molar-refractivity contribution in [1.82, 2.24) is 5.01 Å². The van der Waals surface area contributed by atoms with E-state index in [-0.39, 0.29) is 18.6 Å². The molecule has 1 aliphatic rings. The Balaban J connectivity index is 1.55. The standard InChI is InChI=1S/C24H21BrN2O4S/c1-2-30-22-12-16(14-28)5-10-21(22)31-15-24(29)27-20(23-4-3-11-32-23)13-19(26-27)17-6-8-18(25)9-7-17/h3-12,14,20H,2,13,15H2,1H3. The largest absolute Gasteiger partial charge is 0.490 e. The van der Waals surface area contributed by atoms with Crippen LogP contribution >= 0.6 is 27.3 Å². The highest BCUT2D eigenvalue weighted by Gasteiger charge is 2.34. The van der Waals surface area contributed by atoms with Crippen molar-refractivity contribution in [3.63, 3.8) is 0 Å². The lowest BCUT2D eigenvalue weighted by Crippen LogP contribution is -2.31. The number of rotatable bonds is 8. The topological polar surface area (TPSA) is 68.2 Å². The minimum atomic E-state index is -0.252. The van der Waals surface area contributed by atoms with Crippen molar-refractivity contribution in [1.29, 1.82) is 0 Å². The molecule has 32 heavy (non-hydrogen) atoms. The van der Waals surface area contributed by atoms with E-state index in [1.165, 1.54) is 5.01 Å². The van der Waals surface area contributed by atoms with Crippen LogP contribution in [0.15, 0.2) is 69.6 Å². The summed E-state index contributed by atoms with van der Waals surface area (Å²) in [5, 5.41) is 8.17. The Kier molecular flexibility index (Phi) is 7.02. The molecule has 1 aliphatic heterocycles. The Morgan fingerprint density at radius 2 is 2.00 bits per heavy atom. The molecule has 0 saturated carbocycles. The van der Waals surface area contributed by atoms with Gasteiger partial charge >= 0.3 is 0 Å². The summed E-state index contributed by atoms with van der Waals surface area (Å²) in [5.41, 5.74) is 2.32. The molecule has 6 nitrogen and oxygen atoms in total. The lowest BCUT2D eigenvalue weighted by molar-refractivity contribution is -0.135. The smallest absolute Gasteiger partial charge is 0.281 e. The summed E-state index contributed by atoms with van der Waals surface area (Å²) in [5.74, 6) is 0.590. The van der Waals surface area contributed by atoms with E-state index < -0.39 is 0 Å². The molecule has 164 valence electrons. The van der Waals surface area contributed by atoms with Crippen LogP contribution in [0.25, 0.3) is 0 Å². The maximum absolute atomic E-state index is 13.1. The first kappa shape index (κ1) is 22.2. The number of benzene rings is 2. The molecule has 1 atom stereocenters. The van der Waals surface area contributed by atoms with E-state index in [0.29, 0.717) is 30.1 Å². The maximum atomic E-state index is 13.1. The van der Waals surface area contributed by atoms with Gasteiger partial charge in [-0.1, -0.05) is 34.1 Å². The second-order valence-corrected chi connectivity index (χ2v) is 8.97. The number of aldehydes is 1. The summed E-state index contributed by atoms with van der Waals surface area (Å²) < 4.78 is 12.3. The number of nitrogens with zero attached hydrogens (tertiary/aromatic N) is 2. The lowest BCUT2D eigenvalue weighted by atomic mass is 10.0. The average molecular weight is 513 g/mol. The number of hydrogen-bond donors (Lipinski definition) is 0. The summed E-state index contributed by atoms with van der Waals surface area (Å²) in [4.78, 5) is 25.3. The highest BCUT2D eigenvalue weighted by atomic mass is 79.9. The van der Waals surface area contributed by atoms with Crippen LogP contribution in [0.1, 0.15) is 40.2 Å². The third kappa shape index (κ3) is 4.92. The monoisotopic (exact) mass is 512 g/mol. The predicted octanol–water partition coefficient (Wildman–Crippen LogP) is 5.48. The van der Waals surface area contributed by atoms with E-state index in [4.69, 9.17) is 9.47 Å². The minimum Gasteiger partial charge on any atom is -0.490 e. The van der Waals surface area contributed by atoms with Gasteiger partial charge in [0.05, 0.1) is 18.4 Å². The van der Waals surface area contributed by atoms with Crippen LogP contribution in [-0.2, 0) is 4.79 Å². The molecule has 0 bridgehead atoms. The van der Waals surface area contributed by atoms with Gasteiger partial charge in [-0.2, -0.15) is 5.10 Å². The number of halogens is 1. The van der Waals surface area contributed by atoms with Crippen LogP contribution in [0.5, 0.6) is 11.5 Å². The molecular formula is C24H21BrN2O4S. The Labute approximate surface area is 198 Å². The predicted molar refractivity (Wildman–Crippen MR) is 128 cm³/mol. The van der Waals surface area contributed by atoms with Gasteiger partial charge in [-0.3, -0.25) is 9.59 Å².